The highest BCUT2D eigenvalue weighted by Crippen LogP contribution is 2.40. The number of carbonyl (C=O) groups is 1. The van der Waals surface area contributed by atoms with Gasteiger partial charge in [0.05, 0.1) is 18.1 Å². The van der Waals surface area contributed by atoms with Crippen LogP contribution in [0.2, 0.25) is 0 Å². The number of halogens is 3. The second kappa shape index (κ2) is 6.52. The average Bonchev–Trinajstić information content (AvgIpc) is 2.43. The summed E-state index contributed by atoms with van der Waals surface area (Å²) in [7, 11) is 0. The molecule has 2 aliphatic rings. The maximum Gasteiger partial charge on any atom is 0.391 e. The maximum absolute atomic E-state index is 12.8. The molecule has 122 valence electrons. The molecule has 0 aliphatic heterocycles. The molecule has 0 radical (unpaired) electrons. The lowest BCUT2D eigenvalue weighted by atomic mass is 9.79. The maximum atomic E-state index is 12.8. The second-order valence-corrected chi connectivity index (χ2v) is 6.03. The lowest BCUT2D eigenvalue weighted by Gasteiger charge is -2.43. The number of hydrogen-bond donors (Lipinski definition) is 2. The highest BCUT2D eigenvalue weighted by atomic mass is 19.4. The van der Waals surface area contributed by atoms with Gasteiger partial charge in [0.2, 0.25) is 5.91 Å². The number of rotatable bonds is 4. The minimum absolute atomic E-state index is 0.114. The van der Waals surface area contributed by atoms with E-state index in [4.69, 9.17) is 10.5 Å². The Kier molecular flexibility index (Phi) is 5.14. The van der Waals surface area contributed by atoms with Crippen LogP contribution in [0.15, 0.2) is 0 Å². The molecule has 21 heavy (non-hydrogen) atoms. The topological polar surface area (TPSA) is 64.3 Å². The van der Waals surface area contributed by atoms with Crippen LogP contribution in [0.1, 0.15) is 39.0 Å². The molecule has 0 spiro atoms. The molecule has 4 nitrogen and oxygen atoms in total. The van der Waals surface area contributed by atoms with Crippen LogP contribution in [0.3, 0.4) is 0 Å². The molecule has 2 fully saturated rings. The number of carbonyl (C=O) groups excluding carboxylic acids is 1. The SMILES string of the molecule is CCOC1CC(N)C1NC(=O)C1CCCC(C(F)(F)F)C1. The number of hydrogen-bond acceptors (Lipinski definition) is 3. The van der Waals surface area contributed by atoms with Crippen LogP contribution < -0.4 is 11.1 Å². The lowest BCUT2D eigenvalue weighted by molar-refractivity contribution is -0.186. The van der Waals surface area contributed by atoms with Gasteiger partial charge in [0.15, 0.2) is 0 Å². The molecule has 2 saturated carbocycles. The zero-order chi connectivity index (χ0) is 15.6. The summed E-state index contributed by atoms with van der Waals surface area (Å²) in [6, 6.07) is -0.448. The molecule has 0 aromatic carbocycles. The van der Waals surface area contributed by atoms with Gasteiger partial charge in [0, 0.05) is 18.6 Å². The number of amides is 1. The third-order valence-corrected chi connectivity index (χ3v) is 4.56. The van der Waals surface area contributed by atoms with Crippen LogP contribution in [0, 0.1) is 11.8 Å². The molecule has 7 heteroatoms. The lowest BCUT2D eigenvalue weighted by Crippen LogP contribution is -2.65. The Balaban J connectivity index is 1.88. The van der Waals surface area contributed by atoms with Crippen molar-refractivity contribution in [3.63, 3.8) is 0 Å². The van der Waals surface area contributed by atoms with Crippen molar-refractivity contribution >= 4 is 5.91 Å². The zero-order valence-corrected chi connectivity index (χ0v) is 12.2. The van der Waals surface area contributed by atoms with E-state index in [1.165, 1.54) is 0 Å². The number of nitrogens with one attached hydrogen (secondary N) is 1. The first kappa shape index (κ1) is 16.5. The molecule has 1 amide bonds. The molecule has 0 heterocycles. The summed E-state index contributed by atoms with van der Waals surface area (Å²) < 4.78 is 43.8. The van der Waals surface area contributed by atoms with Crippen LogP contribution in [0.5, 0.6) is 0 Å². The first-order valence-electron chi connectivity index (χ1n) is 7.57. The number of nitrogens with two attached hydrogens (primary N) is 1. The van der Waals surface area contributed by atoms with E-state index in [1.807, 2.05) is 6.92 Å². The molecule has 0 saturated heterocycles. The first-order chi connectivity index (χ1) is 9.82. The van der Waals surface area contributed by atoms with Crippen molar-refractivity contribution in [2.75, 3.05) is 6.61 Å². The molecule has 0 aromatic heterocycles. The van der Waals surface area contributed by atoms with Gasteiger partial charge >= 0.3 is 6.18 Å². The van der Waals surface area contributed by atoms with E-state index in [9.17, 15) is 18.0 Å². The summed E-state index contributed by atoms with van der Waals surface area (Å²) in [5, 5.41) is 2.79. The van der Waals surface area contributed by atoms with Crippen LogP contribution in [-0.4, -0.2) is 36.9 Å². The fourth-order valence-corrected chi connectivity index (χ4v) is 3.23. The van der Waals surface area contributed by atoms with Crippen molar-refractivity contribution in [1.29, 1.82) is 0 Å². The molecular formula is C14H23F3N2O2. The second-order valence-electron chi connectivity index (χ2n) is 6.03. The third kappa shape index (κ3) is 3.88. The standard InChI is InChI=1S/C14H23F3N2O2/c1-2-21-11-7-10(18)12(11)19-13(20)8-4-3-5-9(6-8)14(15,16)17/h8-12H,2-7,18H2,1H3,(H,19,20). The van der Waals surface area contributed by atoms with Crippen LogP contribution in [-0.2, 0) is 9.53 Å². The van der Waals surface area contributed by atoms with Crippen LogP contribution in [0.25, 0.3) is 0 Å². The number of alkyl halides is 3. The van der Waals surface area contributed by atoms with Crippen molar-refractivity contribution in [1.82, 2.24) is 5.32 Å². The summed E-state index contributed by atoms with van der Waals surface area (Å²) in [6.45, 7) is 2.39. The molecule has 2 rings (SSSR count). The van der Waals surface area contributed by atoms with Gasteiger partial charge < -0.3 is 15.8 Å². The average molecular weight is 308 g/mol. The molecule has 0 aromatic rings. The van der Waals surface area contributed by atoms with Crippen LogP contribution in [0.4, 0.5) is 13.2 Å². The van der Waals surface area contributed by atoms with Gasteiger partial charge in [-0.2, -0.15) is 13.2 Å². The Morgan fingerprint density at radius 2 is 2.05 bits per heavy atom. The highest BCUT2D eigenvalue weighted by molar-refractivity contribution is 5.79. The van der Waals surface area contributed by atoms with E-state index in [-0.39, 0.29) is 36.9 Å². The fraction of sp³-hybridized carbons (Fsp3) is 0.929. The van der Waals surface area contributed by atoms with Gasteiger partial charge in [-0.15, -0.1) is 0 Å². The van der Waals surface area contributed by atoms with E-state index in [0.717, 1.165) is 0 Å². The summed E-state index contributed by atoms with van der Waals surface area (Å²) in [5.41, 5.74) is 5.84. The predicted octanol–water partition coefficient (Wildman–Crippen LogP) is 1.98. The quantitative estimate of drug-likeness (QED) is 0.834. The van der Waals surface area contributed by atoms with Crippen molar-refractivity contribution in [2.24, 2.45) is 17.6 Å². The van der Waals surface area contributed by atoms with Crippen molar-refractivity contribution in [3.8, 4) is 0 Å². The van der Waals surface area contributed by atoms with E-state index in [1.54, 1.807) is 0 Å². The monoisotopic (exact) mass is 308 g/mol. The van der Waals surface area contributed by atoms with Gasteiger partial charge in [-0.1, -0.05) is 6.42 Å². The summed E-state index contributed by atoms with van der Waals surface area (Å²) >= 11 is 0. The van der Waals surface area contributed by atoms with E-state index >= 15 is 0 Å². The zero-order valence-electron chi connectivity index (χ0n) is 12.2. The van der Waals surface area contributed by atoms with Crippen molar-refractivity contribution in [2.45, 2.75) is 63.4 Å². The third-order valence-electron chi connectivity index (χ3n) is 4.56. The Morgan fingerprint density at radius 1 is 1.33 bits per heavy atom. The van der Waals surface area contributed by atoms with Gasteiger partial charge in [-0.3, -0.25) is 4.79 Å². The van der Waals surface area contributed by atoms with E-state index in [0.29, 0.717) is 25.9 Å². The normalized spacial score (nSPS) is 36.9. The summed E-state index contributed by atoms with van der Waals surface area (Å²) in [6.07, 6.45) is -2.69. The van der Waals surface area contributed by atoms with E-state index < -0.39 is 18.0 Å². The van der Waals surface area contributed by atoms with Gasteiger partial charge in [0.1, 0.15) is 0 Å². The molecule has 0 bridgehead atoms. The van der Waals surface area contributed by atoms with Gasteiger partial charge in [-0.25, -0.2) is 0 Å². The fourth-order valence-electron chi connectivity index (χ4n) is 3.23. The highest BCUT2D eigenvalue weighted by Gasteiger charge is 2.45. The Labute approximate surface area is 122 Å². The smallest absolute Gasteiger partial charge is 0.376 e. The predicted molar refractivity (Wildman–Crippen MR) is 71.4 cm³/mol. The summed E-state index contributed by atoms with van der Waals surface area (Å²) in [5.74, 6) is -2.24. The summed E-state index contributed by atoms with van der Waals surface area (Å²) in [4.78, 5) is 12.2. The molecule has 2 aliphatic carbocycles. The first-order valence-corrected chi connectivity index (χ1v) is 7.57. The molecule has 5 unspecified atom stereocenters. The number of ether oxygens (including phenoxy) is 1. The Morgan fingerprint density at radius 3 is 2.62 bits per heavy atom. The van der Waals surface area contributed by atoms with Crippen molar-refractivity contribution in [3.05, 3.63) is 0 Å². The minimum Gasteiger partial charge on any atom is -0.376 e. The van der Waals surface area contributed by atoms with E-state index in [2.05, 4.69) is 5.32 Å². The van der Waals surface area contributed by atoms with Crippen molar-refractivity contribution < 1.29 is 22.7 Å². The van der Waals surface area contributed by atoms with Crippen LogP contribution >= 0.6 is 0 Å². The Bertz CT molecular complexity index is 374. The molecule has 5 atom stereocenters. The van der Waals surface area contributed by atoms with Gasteiger partial charge in [0.25, 0.3) is 0 Å². The molecule has 3 N–H and O–H groups in total. The minimum atomic E-state index is -4.21. The van der Waals surface area contributed by atoms with Gasteiger partial charge in [-0.05, 0) is 32.6 Å². The largest absolute Gasteiger partial charge is 0.391 e. The molecular weight excluding hydrogens is 285 g/mol. The Hall–Kier alpha value is -0.820.